The van der Waals surface area contributed by atoms with Crippen molar-refractivity contribution >= 4 is 17.5 Å². The molecule has 0 aliphatic rings. The second kappa shape index (κ2) is 7.24. The average molecular weight is 332 g/mol. The number of rotatable bonds is 6. The van der Waals surface area contributed by atoms with Gasteiger partial charge in [0.25, 0.3) is 5.91 Å². The van der Waals surface area contributed by atoms with Gasteiger partial charge in [0.2, 0.25) is 0 Å². The van der Waals surface area contributed by atoms with E-state index >= 15 is 0 Å². The molecule has 1 heterocycles. The van der Waals surface area contributed by atoms with E-state index in [-0.39, 0.29) is 29.9 Å². The first-order valence-corrected chi connectivity index (χ1v) is 6.63. The van der Waals surface area contributed by atoms with Gasteiger partial charge in [0.15, 0.2) is 22.6 Å². The number of hydrogen-bond donors (Lipinski definition) is 2. The van der Waals surface area contributed by atoms with Crippen molar-refractivity contribution in [2.24, 2.45) is 0 Å². The van der Waals surface area contributed by atoms with Gasteiger partial charge in [0.1, 0.15) is 18.5 Å². The van der Waals surface area contributed by atoms with Crippen LogP contribution >= 0.6 is 11.6 Å². The highest BCUT2D eigenvalue weighted by Gasteiger charge is 2.13. The molecule has 0 fully saturated rings. The number of aliphatic hydroxyl groups excluding tert-OH is 1. The van der Waals surface area contributed by atoms with Crippen LogP contribution < -0.4 is 10.1 Å². The maximum absolute atomic E-state index is 13.0. The minimum absolute atomic E-state index is 0.0127. The van der Waals surface area contributed by atoms with Gasteiger partial charge in [-0.25, -0.2) is 8.78 Å². The Hall–Kier alpha value is -2.12. The van der Waals surface area contributed by atoms with Crippen molar-refractivity contribution in [3.05, 3.63) is 52.9 Å². The number of furan rings is 1. The largest absolute Gasteiger partial charge is 0.491 e. The van der Waals surface area contributed by atoms with E-state index in [1.807, 2.05) is 0 Å². The van der Waals surface area contributed by atoms with Crippen LogP contribution in [0.15, 0.2) is 34.7 Å². The predicted molar refractivity (Wildman–Crippen MR) is 73.9 cm³/mol. The zero-order chi connectivity index (χ0) is 16.1. The topological polar surface area (TPSA) is 71.7 Å². The molecule has 1 atom stereocenters. The first-order chi connectivity index (χ1) is 10.5. The van der Waals surface area contributed by atoms with E-state index in [4.69, 9.17) is 20.8 Å². The zero-order valence-corrected chi connectivity index (χ0v) is 11.9. The third-order valence-corrected chi connectivity index (χ3v) is 2.83. The molecule has 5 nitrogen and oxygen atoms in total. The maximum atomic E-state index is 13.0. The Bertz CT molecular complexity index is 662. The molecule has 1 unspecified atom stereocenters. The summed E-state index contributed by atoms with van der Waals surface area (Å²) in [5.41, 5.74) is 0. The SMILES string of the molecule is O=C(NCC(O)COc1ccc(F)c(F)c1)c1ccc(Cl)o1. The monoisotopic (exact) mass is 331 g/mol. The number of benzene rings is 1. The van der Waals surface area contributed by atoms with Crippen molar-refractivity contribution < 1.29 is 27.8 Å². The van der Waals surface area contributed by atoms with E-state index in [9.17, 15) is 18.7 Å². The second-order valence-electron chi connectivity index (χ2n) is 4.35. The summed E-state index contributed by atoms with van der Waals surface area (Å²) < 4.78 is 35.7. The Morgan fingerprint density at radius 1 is 1.32 bits per heavy atom. The second-order valence-corrected chi connectivity index (χ2v) is 4.73. The molecular weight excluding hydrogens is 320 g/mol. The van der Waals surface area contributed by atoms with Gasteiger partial charge in [0, 0.05) is 12.6 Å². The maximum Gasteiger partial charge on any atom is 0.287 e. The van der Waals surface area contributed by atoms with Crippen LogP contribution in [0.2, 0.25) is 5.22 Å². The number of carbonyl (C=O) groups excluding carboxylic acids is 1. The Labute approximate surface area is 129 Å². The Morgan fingerprint density at radius 2 is 2.09 bits per heavy atom. The number of halogens is 3. The molecule has 0 bridgehead atoms. The summed E-state index contributed by atoms with van der Waals surface area (Å²) >= 11 is 5.54. The fourth-order valence-electron chi connectivity index (χ4n) is 1.55. The van der Waals surface area contributed by atoms with Gasteiger partial charge in [-0.05, 0) is 35.9 Å². The van der Waals surface area contributed by atoms with Crippen LogP contribution in [0.4, 0.5) is 8.78 Å². The fourth-order valence-corrected chi connectivity index (χ4v) is 1.70. The average Bonchev–Trinajstić information content (AvgIpc) is 2.92. The Morgan fingerprint density at radius 3 is 2.73 bits per heavy atom. The lowest BCUT2D eigenvalue weighted by Crippen LogP contribution is -2.35. The molecule has 0 spiro atoms. The number of hydrogen-bond acceptors (Lipinski definition) is 4. The smallest absolute Gasteiger partial charge is 0.287 e. The van der Waals surface area contributed by atoms with Gasteiger partial charge in [0.05, 0.1) is 0 Å². The van der Waals surface area contributed by atoms with Crippen LogP contribution in [-0.4, -0.2) is 30.3 Å². The lowest BCUT2D eigenvalue weighted by atomic mass is 10.3. The summed E-state index contributed by atoms with van der Waals surface area (Å²) in [4.78, 5) is 11.6. The van der Waals surface area contributed by atoms with Crippen LogP contribution in [0.1, 0.15) is 10.6 Å². The first kappa shape index (κ1) is 16.3. The normalized spacial score (nSPS) is 12.0. The summed E-state index contributed by atoms with van der Waals surface area (Å²) in [5, 5.41) is 12.2. The van der Waals surface area contributed by atoms with Gasteiger partial charge in [-0.1, -0.05) is 0 Å². The van der Waals surface area contributed by atoms with Gasteiger partial charge in [-0.2, -0.15) is 0 Å². The number of aliphatic hydroxyl groups is 1. The van der Waals surface area contributed by atoms with Crippen molar-refractivity contribution in [2.45, 2.75) is 6.10 Å². The van der Waals surface area contributed by atoms with Crippen LogP contribution in [-0.2, 0) is 0 Å². The first-order valence-electron chi connectivity index (χ1n) is 6.25. The minimum Gasteiger partial charge on any atom is -0.491 e. The van der Waals surface area contributed by atoms with E-state index < -0.39 is 23.6 Å². The summed E-state index contributed by atoms with van der Waals surface area (Å²) in [6, 6.07) is 5.82. The zero-order valence-electron chi connectivity index (χ0n) is 11.2. The summed E-state index contributed by atoms with van der Waals surface area (Å²) in [6.45, 7) is -0.314. The molecule has 1 aromatic heterocycles. The highest BCUT2D eigenvalue weighted by molar-refractivity contribution is 6.29. The standard InChI is InChI=1S/C14H12ClF2NO4/c15-13-4-3-12(22-13)14(20)18-6-8(19)7-21-9-1-2-10(16)11(17)5-9/h1-5,8,19H,6-7H2,(H,18,20). The molecule has 22 heavy (non-hydrogen) atoms. The third kappa shape index (κ3) is 4.44. The molecule has 1 aromatic carbocycles. The Kier molecular flexibility index (Phi) is 5.35. The van der Waals surface area contributed by atoms with Crippen LogP contribution in [0.3, 0.4) is 0 Å². The molecule has 0 aliphatic carbocycles. The van der Waals surface area contributed by atoms with Crippen LogP contribution in [0.25, 0.3) is 0 Å². The van der Waals surface area contributed by atoms with Crippen molar-refractivity contribution in [1.29, 1.82) is 0 Å². The van der Waals surface area contributed by atoms with Gasteiger partial charge < -0.3 is 19.6 Å². The number of amides is 1. The predicted octanol–water partition coefficient (Wildman–Crippen LogP) is 2.38. The number of carbonyl (C=O) groups is 1. The van der Waals surface area contributed by atoms with Crippen LogP contribution in [0, 0.1) is 11.6 Å². The third-order valence-electron chi connectivity index (χ3n) is 2.63. The molecule has 2 N–H and O–H groups in total. The molecule has 0 aliphatic heterocycles. The summed E-state index contributed by atoms with van der Waals surface area (Å²) in [7, 11) is 0. The van der Waals surface area contributed by atoms with Crippen molar-refractivity contribution in [1.82, 2.24) is 5.32 Å². The fraction of sp³-hybridized carbons (Fsp3) is 0.214. The highest BCUT2D eigenvalue weighted by atomic mass is 35.5. The van der Waals surface area contributed by atoms with E-state index in [1.165, 1.54) is 18.2 Å². The van der Waals surface area contributed by atoms with Crippen molar-refractivity contribution in [2.75, 3.05) is 13.2 Å². The number of ether oxygens (including phenoxy) is 1. The van der Waals surface area contributed by atoms with E-state index in [1.54, 1.807) is 0 Å². The van der Waals surface area contributed by atoms with E-state index in [0.717, 1.165) is 12.1 Å². The van der Waals surface area contributed by atoms with Gasteiger partial charge in [-0.15, -0.1) is 0 Å². The van der Waals surface area contributed by atoms with Gasteiger partial charge >= 0.3 is 0 Å². The lowest BCUT2D eigenvalue weighted by molar-refractivity contribution is 0.0821. The molecule has 118 valence electrons. The molecule has 1 amide bonds. The minimum atomic E-state index is -1.05. The summed E-state index contributed by atoms with van der Waals surface area (Å²) in [5.74, 6) is -2.49. The lowest BCUT2D eigenvalue weighted by Gasteiger charge is -2.13. The van der Waals surface area contributed by atoms with Crippen LogP contribution in [0.5, 0.6) is 5.75 Å². The van der Waals surface area contributed by atoms with Crippen molar-refractivity contribution in [3.8, 4) is 5.75 Å². The summed E-state index contributed by atoms with van der Waals surface area (Å²) in [6.07, 6.45) is -1.04. The van der Waals surface area contributed by atoms with E-state index in [0.29, 0.717) is 0 Å². The molecule has 8 heteroatoms. The molecule has 0 saturated heterocycles. The van der Waals surface area contributed by atoms with Crippen molar-refractivity contribution in [3.63, 3.8) is 0 Å². The molecule has 2 rings (SSSR count). The molecular formula is C14H12ClF2NO4. The van der Waals surface area contributed by atoms with Gasteiger partial charge in [-0.3, -0.25) is 4.79 Å². The van der Waals surface area contributed by atoms with E-state index in [2.05, 4.69) is 5.32 Å². The number of nitrogens with one attached hydrogen (secondary N) is 1. The molecule has 0 saturated carbocycles. The highest BCUT2D eigenvalue weighted by Crippen LogP contribution is 2.15. The Balaban J connectivity index is 1.77. The molecule has 0 radical (unpaired) electrons. The molecule has 2 aromatic rings. The quantitative estimate of drug-likeness (QED) is 0.852.